The molecule has 1 unspecified atom stereocenters. The first kappa shape index (κ1) is 17.7. The van der Waals surface area contributed by atoms with Gasteiger partial charge in [0.2, 0.25) is 11.8 Å². The minimum absolute atomic E-state index is 0.0117. The first-order valence-electron chi connectivity index (χ1n) is 7.70. The summed E-state index contributed by atoms with van der Waals surface area (Å²) in [5.41, 5.74) is 0.969. The number of amides is 2. The number of rotatable bonds is 7. The van der Waals surface area contributed by atoms with E-state index >= 15 is 0 Å². The van der Waals surface area contributed by atoms with Gasteiger partial charge in [-0.05, 0) is 19.8 Å². The lowest BCUT2D eigenvalue weighted by Gasteiger charge is -2.33. The summed E-state index contributed by atoms with van der Waals surface area (Å²) in [4.78, 5) is 25.9. The number of hydrogen-bond acceptors (Lipinski definition) is 3. The standard InChI is InChI=1S/C16H28N2O3/c1-12(2)11-21-9-7-17-15(19)14-6-5-8-18(10-14)16(20)13(3)4/h13-14H,1,5-11H2,2-4H3,(H,17,19). The molecule has 1 heterocycles. The normalized spacial score (nSPS) is 18.7. The van der Waals surface area contributed by atoms with Gasteiger partial charge in [-0.25, -0.2) is 0 Å². The summed E-state index contributed by atoms with van der Waals surface area (Å²) in [6.45, 7) is 12.3. The van der Waals surface area contributed by atoms with Crippen molar-refractivity contribution >= 4 is 11.8 Å². The van der Waals surface area contributed by atoms with Gasteiger partial charge in [-0.2, -0.15) is 0 Å². The van der Waals surface area contributed by atoms with Crippen LogP contribution in [0.25, 0.3) is 0 Å². The van der Waals surface area contributed by atoms with Gasteiger partial charge in [-0.1, -0.05) is 26.0 Å². The summed E-state index contributed by atoms with van der Waals surface area (Å²) in [6, 6.07) is 0. The fraction of sp³-hybridized carbons (Fsp3) is 0.750. The zero-order valence-electron chi connectivity index (χ0n) is 13.5. The summed E-state index contributed by atoms with van der Waals surface area (Å²) in [5, 5.41) is 2.88. The van der Waals surface area contributed by atoms with Crippen molar-refractivity contribution in [1.82, 2.24) is 10.2 Å². The Morgan fingerprint density at radius 2 is 2.14 bits per heavy atom. The third-order valence-electron chi connectivity index (χ3n) is 3.49. The molecule has 1 fully saturated rings. The third kappa shape index (κ3) is 6.29. The van der Waals surface area contributed by atoms with Gasteiger partial charge >= 0.3 is 0 Å². The molecule has 0 spiro atoms. The molecule has 1 atom stereocenters. The Kier molecular flexibility index (Phi) is 7.43. The first-order valence-corrected chi connectivity index (χ1v) is 7.70. The molecule has 1 aliphatic heterocycles. The van der Waals surface area contributed by atoms with Gasteiger partial charge in [0.1, 0.15) is 0 Å². The van der Waals surface area contributed by atoms with E-state index in [0.29, 0.717) is 26.3 Å². The molecule has 0 aromatic rings. The fourth-order valence-electron chi connectivity index (χ4n) is 2.39. The van der Waals surface area contributed by atoms with Crippen LogP contribution in [0.15, 0.2) is 12.2 Å². The van der Waals surface area contributed by atoms with Gasteiger partial charge in [0.05, 0.1) is 19.1 Å². The minimum Gasteiger partial charge on any atom is -0.375 e. The highest BCUT2D eigenvalue weighted by Gasteiger charge is 2.28. The summed E-state index contributed by atoms with van der Waals surface area (Å²) in [6.07, 6.45) is 1.74. The van der Waals surface area contributed by atoms with Gasteiger partial charge in [0.15, 0.2) is 0 Å². The zero-order valence-corrected chi connectivity index (χ0v) is 13.5. The number of carbonyl (C=O) groups is 2. The lowest BCUT2D eigenvalue weighted by atomic mass is 9.96. The van der Waals surface area contributed by atoms with E-state index in [1.807, 2.05) is 25.7 Å². The Balaban J connectivity index is 2.30. The van der Waals surface area contributed by atoms with Gasteiger partial charge < -0.3 is 15.0 Å². The highest BCUT2D eigenvalue weighted by Crippen LogP contribution is 2.18. The van der Waals surface area contributed by atoms with E-state index in [4.69, 9.17) is 4.74 Å². The Bertz CT molecular complexity index is 380. The van der Waals surface area contributed by atoms with Crippen LogP contribution >= 0.6 is 0 Å². The Morgan fingerprint density at radius 3 is 2.76 bits per heavy atom. The monoisotopic (exact) mass is 296 g/mol. The summed E-state index contributed by atoms with van der Waals surface area (Å²) in [7, 11) is 0. The SMILES string of the molecule is C=C(C)COCCNC(=O)C1CCCN(C(=O)C(C)C)C1. The number of hydrogen-bond donors (Lipinski definition) is 1. The maximum Gasteiger partial charge on any atom is 0.225 e. The van der Waals surface area contributed by atoms with E-state index in [1.54, 1.807) is 0 Å². The average Bonchev–Trinajstić information content (AvgIpc) is 2.45. The van der Waals surface area contributed by atoms with Crippen LogP contribution in [0.2, 0.25) is 0 Å². The predicted molar refractivity (Wildman–Crippen MR) is 82.8 cm³/mol. The lowest BCUT2D eigenvalue weighted by molar-refractivity contribution is -0.138. The van der Waals surface area contributed by atoms with Crippen LogP contribution in [-0.2, 0) is 14.3 Å². The third-order valence-corrected chi connectivity index (χ3v) is 3.49. The molecule has 0 saturated carbocycles. The second-order valence-corrected chi connectivity index (χ2v) is 6.08. The van der Waals surface area contributed by atoms with Crippen molar-refractivity contribution in [2.45, 2.75) is 33.6 Å². The van der Waals surface area contributed by atoms with Crippen molar-refractivity contribution in [1.29, 1.82) is 0 Å². The molecule has 5 nitrogen and oxygen atoms in total. The number of ether oxygens (including phenoxy) is 1. The molecule has 1 N–H and O–H groups in total. The second-order valence-electron chi connectivity index (χ2n) is 6.08. The van der Waals surface area contributed by atoms with Gasteiger partial charge in [-0.15, -0.1) is 0 Å². The van der Waals surface area contributed by atoms with Crippen LogP contribution in [-0.4, -0.2) is 49.6 Å². The van der Waals surface area contributed by atoms with E-state index in [9.17, 15) is 9.59 Å². The summed E-state index contributed by atoms with van der Waals surface area (Å²) >= 11 is 0. The van der Waals surface area contributed by atoms with E-state index in [-0.39, 0.29) is 23.7 Å². The van der Waals surface area contributed by atoms with Gasteiger partial charge in [0, 0.05) is 25.6 Å². The molecule has 0 radical (unpaired) electrons. The van der Waals surface area contributed by atoms with Crippen molar-refractivity contribution in [2.24, 2.45) is 11.8 Å². The molecule has 0 aromatic heterocycles. The molecule has 0 aromatic carbocycles. The summed E-state index contributed by atoms with van der Waals surface area (Å²) < 4.78 is 5.34. The smallest absolute Gasteiger partial charge is 0.225 e. The molecular formula is C16H28N2O3. The molecule has 1 rings (SSSR count). The van der Waals surface area contributed by atoms with Gasteiger partial charge in [-0.3, -0.25) is 9.59 Å². The number of nitrogens with one attached hydrogen (secondary N) is 1. The van der Waals surface area contributed by atoms with Crippen molar-refractivity contribution in [3.8, 4) is 0 Å². The first-order chi connectivity index (χ1) is 9.91. The molecule has 1 aliphatic rings. The van der Waals surface area contributed by atoms with E-state index < -0.39 is 0 Å². The van der Waals surface area contributed by atoms with Crippen LogP contribution in [0.5, 0.6) is 0 Å². The Hall–Kier alpha value is -1.36. The van der Waals surface area contributed by atoms with Crippen LogP contribution < -0.4 is 5.32 Å². The van der Waals surface area contributed by atoms with Crippen molar-refractivity contribution in [3.63, 3.8) is 0 Å². The molecular weight excluding hydrogens is 268 g/mol. The average molecular weight is 296 g/mol. The fourth-order valence-corrected chi connectivity index (χ4v) is 2.39. The molecule has 21 heavy (non-hydrogen) atoms. The predicted octanol–water partition coefficient (Wildman–Crippen LogP) is 1.59. The molecule has 0 aliphatic carbocycles. The van der Waals surface area contributed by atoms with Crippen molar-refractivity contribution in [3.05, 3.63) is 12.2 Å². The van der Waals surface area contributed by atoms with Crippen LogP contribution in [0.3, 0.4) is 0 Å². The number of carbonyl (C=O) groups excluding carboxylic acids is 2. The molecule has 120 valence electrons. The molecule has 2 amide bonds. The number of nitrogens with zero attached hydrogens (tertiary/aromatic N) is 1. The van der Waals surface area contributed by atoms with Crippen LogP contribution in [0, 0.1) is 11.8 Å². The quantitative estimate of drug-likeness (QED) is 0.573. The number of likely N-dealkylation sites (tertiary alicyclic amines) is 1. The lowest BCUT2D eigenvalue weighted by Crippen LogP contribution is -2.47. The molecule has 5 heteroatoms. The summed E-state index contributed by atoms with van der Waals surface area (Å²) in [5.74, 6) is 0.0532. The molecule has 0 bridgehead atoms. The van der Waals surface area contributed by atoms with Crippen LogP contribution in [0.4, 0.5) is 0 Å². The minimum atomic E-state index is -0.0948. The van der Waals surface area contributed by atoms with Crippen molar-refractivity contribution < 1.29 is 14.3 Å². The maximum absolute atomic E-state index is 12.1. The topological polar surface area (TPSA) is 58.6 Å². The van der Waals surface area contributed by atoms with Crippen LogP contribution in [0.1, 0.15) is 33.6 Å². The highest BCUT2D eigenvalue weighted by molar-refractivity contribution is 5.82. The molecule has 1 saturated heterocycles. The Labute approximate surface area is 127 Å². The van der Waals surface area contributed by atoms with E-state index in [1.165, 1.54) is 0 Å². The van der Waals surface area contributed by atoms with E-state index in [2.05, 4.69) is 11.9 Å². The highest BCUT2D eigenvalue weighted by atomic mass is 16.5. The van der Waals surface area contributed by atoms with Gasteiger partial charge in [0.25, 0.3) is 0 Å². The second kappa shape index (κ2) is 8.82. The maximum atomic E-state index is 12.1. The Morgan fingerprint density at radius 1 is 1.43 bits per heavy atom. The zero-order chi connectivity index (χ0) is 15.8. The van der Waals surface area contributed by atoms with Crippen molar-refractivity contribution in [2.75, 3.05) is 32.8 Å². The number of piperidine rings is 1. The van der Waals surface area contributed by atoms with E-state index in [0.717, 1.165) is 25.0 Å². The largest absolute Gasteiger partial charge is 0.375 e.